The number of ether oxygens (including phenoxy) is 1. The summed E-state index contributed by atoms with van der Waals surface area (Å²) >= 11 is 0. The lowest BCUT2D eigenvalue weighted by Crippen LogP contribution is -2.35. The summed E-state index contributed by atoms with van der Waals surface area (Å²) in [7, 11) is -3.61. The molecule has 2 aromatic rings. The van der Waals surface area contributed by atoms with Crippen LogP contribution in [-0.4, -0.2) is 38.3 Å². The average molecular weight is 392 g/mol. The Balaban J connectivity index is 1.93. The minimum atomic E-state index is -3.61. The van der Waals surface area contributed by atoms with Crippen molar-refractivity contribution in [1.82, 2.24) is 4.31 Å². The van der Waals surface area contributed by atoms with Crippen LogP contribution in [0.5, 0.6) is 5.75 Å². The summed E-state index contributed by atoms with van der Waals surface area (Å²) in [4.78, 5) is 12.6. The van der Waals surface area contributed by atoms with Gasteiger partial charge in [-0.1, -0.05) is 6.42 Å². The van der Waals surface area contributed by atoms with Crippen molar-refractivity contribution in [2.45, 2.75) is 38.0 Å². The summed E-state index contributed by atoms with van der Waals surface area (Å²) < 4.78 is 38.1. The van der Waals surface area contributed by atoms with E-state index in [0.717, 1.165) is 19.3 Å². The minimum Gasteiger partial charge on any atom is -0.492 e. The van der Waals surface area contributed by atoms with Crippen LogP contribution in [0.15, 0.2) is 39.8 Å². The number of benzene rings is 1. The zero-order valence-corrected chi connectivity index (χ0v) is 16.3. The zero-order chi connectivity index (χ0) is 19.4. The van der Waals surface area contributed by atoms with Crippen molar-refractivity contribution in [3.63, 3.8) is 0 Å². The molecule has 1 fully saturated rings. The fraction of sp³-hybridized carbons (Fsp3) is 0.421. The van der Waals surface area contributed by atoms with Crippen LogP contribution < -0.4 is 10.1 Å². The van der Waals surface area contributed by atoms with Crippen molar-refractivity contribution in [3.8, 4) is 5.75 Å². The van der Waals surface area contributed by atoms with Crippen LogP contribution in [0.1, 0.15) is 42.3 Å². The molecule has 0 atom stereocenters. The van der Waals surface area contributed by atoms with E-state index in [1.165, 1.54) is 22.7 Å². The summed E-state index contributed by atoms with van der Waals surface area (Å²) in [6, 6.07) is 6.23. The number of nitrogens with one attached hydrogen (secondary N) is 1. The highest BCUT2D eigenvalue weighted by atomic mass is 32.2. The fourth-order valence-electron chi connectivity index (χ4n) is 3.09. The van der Waals surface area contributed by atoms with Crippen LogP contribution in [-0.2, 0) is 10.0 Å². The molecule has 1 aliphatic rings. The predicted octanol–water partition coefficient (Wildman–Crippen LogP) is 3.41. The Kier molecular flexibility index (Phi) is 5.86. The number of hydrogen-bond acceptors (Lipinski definition) is 5. The van der Waals surface area contributed by atoms with Gasteiger partial charge in [0.25, 0.3) is 5.91 Å². The number of carbonyl (C=O) groups is 1. The van der Waals surface area contributed by atoms with Crippen LogP contribution >= 0.6 is 0 Å². The first-order chi connectivity index (χ1) is 12.9. The molecular formula is C19H24N2O5S. The Hall–Kier alpha value is -2.32. The highest BCUT2D eigenvalue weighted by Crippen LogP contribution is 2.31. The van der Waals surface area contributed by atoms with Crippen molar-refractivity contribution < 1.29 is 22.4 Å². The lowest BCUT2D eigenvalue weighted by Gasteiger charge is -2.26. The van der Waals surface area contributed by atoms with Crippen molar-refractivity contribution >= 4 is 21.6 Å². The molecule has 1 aliphatic heterocycles. The minimum absolute atomic E-state index is 0.138. The molecule has 146 valence electrons. The number of rotatable bonds is 6. The van der Waals surface area contributed by atoms with Crippen LogP contribution in [0.3, 0.4) is 0 Å². The number of furan rings is 1. The van der Waals surface area contributed by atoms with Gasteiger partial charge in [-0.2, -0.15) is 4.31 Å². The van der Waals surface area contributed by atoms with Gasteiger partial charge in [0, 0.05) is 18.7 Å². The van der Waals surface area contributed by atoms with Gasteiger partial charge in [0.2, 0.25) is 10.0 Å². The van der Waals surface area contributed by atoms with Gasteiger partial charge in [-0.05, 0) is 51.0 Å². The molecule has 3 rings (SSSR count). The SMILES string of the molecule is CCOc1ccc(S(=O)(=O)N2CCCCC2)cc1NC(=O)c1occc1C. The Morgan fingerprint density at radius 3 is 2.59 bits per heavy atom. The van der Waals surface area contributed by atoms with Crippen molar-refractivity contribution in [1.29, 1.82) is 0 Å². The monoisotopic (exact) mass is 392 g/mol. The molecule has 1 amide bonds. The molecule has 0 spiro atoms. The maximum absolute atomic E-state index is 12.9. The van der Waals surface area contributed by atoms with Crippen LogP contribution in [0.4, 0.5) is 5.69 Å². The molecule has 1 aromatic heterocycles. The van der Waals surface area contributed by atoms with Gasteiger partial charge < -0.3 is 14.5 Å². The molecule has 0 bridgehead atoms. The number of nitrogens with zero attached hydrogens (tertiary/aromatic N) is 1. The van der Waals surface area contributed by atoms with Gasteiger partial charge in [0.1, 0.15) is 5.75 Å². The average Bonchev–Trinajstić information content (AvgIpc) is 3.10. The highest BCUT2D eigenvalue weighted by molar-refractivity contribution is 7.89. The molecule has 1 N–H and O–H groups in total. The number of anilines is 1. The third-order valence-electron chi connectivity index (χ3n) is 4.52. The third-order valence-corrected chi connectivity index (χ3v) is 6.41. The summed E-state index contributed by atoms with van der Waals surface area (Å²) in [6.07, 6.45) is 4.19. The second-order valence-electron chi connectivity index (χ2n) is 6.44. The molecule has 0 unspecified atom stereocenters. The predicted molar refractivity (Wildman–Crippen MR) is 102 cm³/mol. The summed E-state index contributed by atoms with van der Waals surface area (Å²) in [6.45, 7) is 5.01. The molecule has 0 saturated carbocycles. The van der Waals surface area contributed by atoms with Gasteiger partial charge in [-0.25, -0.2) is 8.42 Å². The van der Waals surface area contributed by atoms with Gasteiger partial charge >= 0.3 is 0 Å². The first kappa shape index (κ1) is 19.4. The molecular weight excluding hydrogens is 368 g/mol. The molecule has 0 radical (unpaired) electrons. The summed E-state index contributed by atoms with van der Waals surface area (Å²) in [5.41, 5.74) is 0.998. The number of carbonyl (C=O) groups excluding carboxylic acids is 1. The quantitative estimate of drug-likeness (QED) is 0.814. The van der Waals surface area contributed by atoms with Crippen LogP contribution in [0, 0.1) is 6.92 Å². The summed E-state index contributed by atoms with van der Waals surface area (Å²) in [5.74, 6) is 0.139. The first-order valence-corrected chi connectivity index (χ1v) is 10.5. The molecule has 1 saturated heterocycles. The lowest BCUT2D eigenvalue weighted by molar-refractivity contribution is 0.0995. The van der Waals surface area contributed by atoms with E-state index in [-0.39, 0.29) is 10.7 Å². The Labute approximate surface area is 159 Å². The number of aryl methyl sites for hydroxylation is 1. The first-order valence-electron chi connectivity index (χ1n) is 9.06. The fourth-order valence-corrected chi connectivity index (χ4v) is 4.63. The molecule has 7 nitrogen and oxygen atoms in total. The second-order valence-corrected chi connectivity index (χ2v) is 8.38. The van der Waals surface area contributed by atoms with E-state index >= 15 is 0 Å². The van der Waals surface area contributed by atoms with Crippen molar-refractivity contribution in [2.75, 3.05) is 25.0 Å². The van der Waals surface area contributed by atoms with E-state index in [0.29, 0.717) is 36.7 Å². The number of sulfonamides is 1. The van der Waals surface area contributed by atoms with Gasteiger partial charge in [-0.15, -0.1) is 0 Å². The van der Waals surface area contributed by atoms with E-state index in [9.17, 15) is 13.2 Å². The molecule has 0 aliphatic carbocycles. The topological polar surface area (TPSA) is 88.9 Å². The smallest absolute Gasteiger partial charge is 0.291 e. The second kappa shape index (κ2) is 8.14. The van der Waals surface area contributed by atoms with Crippen LogP contribution in [0.25, 0.3) is 0 Å². The molecule has 2 heterocycles. The summed E-state index contributed by atoms with van der Waals surface area (Å²) in [5, 5.41) is 2.71. The number of hydrogen-bond donors (Lipinski definition) is 1. The maximum Gasteiger partial charge on any atom is 0.291 e. The Morgan fingerprint density at radius 2 is 1.96 bits per heavy atom. The molecule has 27 heavy (non-hydrogen) atoms. The van der Waals surface area contributed by atoms with Gasteiger partial charge in [-0.3, -0.25) is 4.79 Å². The Bertz CT molecular complexity index is 914. The van der Waals surface area contributed by atoms with E-state index in [1.807, 2.05) is 6.92 Å². The third kappa shape index (κ3) is 4.17. The van der Waals surface area contributed by atoms with E-state index in [1.54, 1.807) is 19.1 Å². The Morgan fingerprint density at radius 1 is 1.22 bits per heavy atom. The standard InChI is InChI=1S/C19H24N2O5S/c1-3-25-17-8-7-15(27(23,24)21-10-5-4-6-11-21)13-16(17)20-19(22)18-14(2)9-12-26-18/h7-9,12-13H,3-6,10-11H2,1-2H3,(H,20,22). The lowest BCUT2D eigenvalue weighted by atomic mass is 10.2. The number of amides is 1. The van der Waals surface area contributed by atoms with Crippen LogP contribution in [0.2, 0.25) is 0 Å². The van der Waals surface area contributed by atoms with Crippen molar-refractivity contribution in [2.24, 2.45) is 0 Å². The molecule has 1 aromatic carbocycles. The number of piperidine rings is 1. The van der Waals surface area contributed by atoms with Crippen molar-refractivity contribution in [3.05, 3.63) is 41.9 Å². The largest absolute Gasteiger partial charge is 0.492 e. The zero-order valence-electron chi connectivity index (χ0n) is 15.5. The van der Waals surface area contributed by atoms with Gasteiger partial charge in [0.15, 0.2) is 5.76 Å². The van der Waals surface area contributed by atoms with E-state index in [2.05, 4.69) is 5.32 Å². The molecule has 8 heteroatoms. The van der Waals surface area contributed by atoms with Gasteiger partial charge in [0.05, 0.1) is 23.5 Å². The van der Waals surface area contributed by atoms with E-state index < -0.39 is 15.9 Å². The normalized spacial score (nSPS) is 15.5. The highest BCUT2D eigenvalue weighted by Gasteiger charge is 2.27. The maximum atomic E-state index is 12.9. The van der Waals surface area contributed by atoms with E-state index in [4.69, 9.17) is 9.15 Å².